The molecule has 1 unspecified atom stereocenters. The van der Waals surface area contributed by atoms with Gasteiger partial charge in [-0.2, -0.15) is 0 Å². The predicted molar refractivity (Wildman–Crippen MR) is 104 cm³/mol. The molecule has 3 aromatic rings. The summed E-state index contributed by atoms with van der Waals surface area (Å²) >= 11 is 5.83. The van der Waals surface area contributed by atoms with E-state index in [1.165, 1.54) is 23.8 Å². The van der Waals surface area contributed by atoms with Gasteiger partial charge in [0, 0.05) is 22.4 Å². The Balaban J connectivity index is 1.66. The molecule has 26 heavy (non-hydrogen) atoms. The molecule has 0 aliphatic heterocycles. The number of halogens is 2. The van der Waals surface area contributed by atoms with Crippen LogP contribution in [0.4, 0.5) is 15.8 Å². The summed E-state index contributed by atoms with van der Waals surface area (Å²) < 4.78 is 13.8. The van der Waals surface area contributed by atoms with Crippen LogP contribution in [-0.2, 0) is 0 Å². The highest BCUT2D eigenvalue weighted by atomic mass is 35.5. The van der Waals surface area contributed by atoms with Crippen molar-refractivity contribution in [3.8, 4) is 0 Å². The van der Waals surface area contributed by atoms with Gasteiger partial charge in [0.2, 0.25) is 0 Å². The highest BCUT2D eigenvalue weighted by Gasteiger charge is 2.12. The number of benzene rings is 3. The van der Waals surface area contributed by atoms with E-state index >= 15 is 0 Å². The van der Waals surface area contributed by atoms with Crippen LogP contribution in [0, 0.1) is 5.82 Å². The van der Waals surface area contributed by atoms with E-state index in [-0.39, 0.29) is 11.6 Å². The maximum atomic E-state index is 13.8. The molecule has 0 aliphatic carbocycles. The zero-order valence-electron chi connectivity index (χ0n) is 14.2. The number of anilines is 2. The summed E-state index contributed by atoms with van der Waals surface area (Å²) in [5, 5.41) is 6.38. The van der Waals surface area contributed by atoms with E-state index in [0.29, 0.717) is 10.7 Å². The monoisotopic (exact) mass is 368 g/mol. The van der Waals surface area contributed by atoms with Gasteiger partial charge in [-0.05, 0) is 55.0 Å². The van der Waals surface area contributed by atoms with Gasteiger partial charge in [-0.3, -0.25) is 4.79 Å². The highest BCUT2D eigenvalue weighted by Crippen LogP contribution is 2.22. The molecule has 0 aliphatic rings. The van der Waals surface area contributed by atoms with Gasteiger partial charge in [-0.1, -0.05) is 41.9 Å². The molecular weight excluding hydrogens is 351 g/mol. The van der Waals surface area contributed by atoms with Crippen molar-refractivity contribution in [3.05, 3.63) is 94.8 Å². The summed E-state index contributed by atoms with van der Waals surface area (Å²) in [5.74, 6) is -1.15. The second kappa shape index (κ2) is 8.02. The van der Waals surface area contributed by atoms with Gasteiger partial charge >= 0.3 is 0 Å². The fraction of sp³-hybridized carbons (Fsp3) is 0.0952. The zero-order valence-corrected chi connectivity index (χ0v) is 14.9. The van der Waals surface area contributed by atoms with Gasteiger partial charge in [0.05, 0.1) is 5.56 Å². The Kier molecular flexibility index (Phi) is 5.54. The summed E-state index contributed by atoms with van der Waals surface area (Å²) in [6.07, 6.45) is 0. The third kappa shape index (κ3) is 4.41. The second-order valence-electron chi connectivity index (χ2n) is 5.93. The van der Waals surface area contributed by atoms with E-state index in [1.54, 1.807) is 12.1 Å². The molecule has 0 spiro atoms. The minimum absolute atomic E-state index is 0.0857. The Hall–Kier alpha value is -2.85. The van der Waals surface area contributed by atoms with Crippen LogP contribution in [0.1, 0.15) is 28.9 Å². The van der Waals surface area contributed by atoms with Gasteiger partial charge in [0.25, 0.3) is 5.91 Å². The Morgan fingerprint density at radius 3 is 2.31 bits per heavy atom. The molecule has 3 nitrogen and oxygen atoms in total. The molecule has 1 amide bonds. The van der Waals surface area contributed by atoms with Crippen LogP contribution in [-0.4, -0.2) is 5.91 Å². The summed E-state index contributed by atoms with van der Waals surface area (Å²) in [7, 11) is 0. The first-order valence-corrected chi connectivity index (χ1v) is 8.58. The van der Waals surface area contributed by atoms with Crippen molar-refractivity contribution in [1.29, 1.82) is 0 Å². The predicted octanol–water partition coefficient (Wildman–Crippen LogP) is 5.90. The topological polar surface area (TPSA) is 41.1 Å². The average Bonchev–Trinajstić information content (AvgIpc) is 2.66. The third-order valence-corrected chi connectivity index (χ3v) is 4.23. The second-order valence-corrected chi connectivity index (χ2v) is 6.37. The molecule has 0 aromatic heterocycles. The maximum absolute atomic E-state index is 13.8. The smallest absolute Gasteiger partial charge is 0.258 e. The van der Waals surface area contributed by atoms with E-state index < -0.39 is 11.7 Å². The molecule has 2 N–H and O–H groups in total. The van der Waals surface area contributed by atoms with Crippen molar-refractivity contribution in [2.24, 2.45) is 0 Å². The number of hydrogen-bond acceptors (Lipinski definition) is 2. The standard InChI is InChI=1S/C21H18ClFN2O/c1-14(15-5-3-2-4-6-15)24-17-8-10-18(11-9-17)25-21(26)19-13-16(22)7-12-20(19)23/h2-14,24H,1H3,(H,25,26). The summed E-state index contributed by atoms with van der Waals surface area (Å²) in [4.78, 5) is 12.2. The van der Waals surface area contributed by atoms with E-state index in [1.807, 2.05) is 30.3 Å². The molecule has 132 valence electrons. The molecule has 0 saturated heterocycles. The minimum Gasteiger partial charge on any atom is -0.379 e. The summed E-state index contributed by atoms with van der Waals surface area (Å²) in [6, 6.07) is 21.4. The summed E-state index contributed by atoms with van der Waals surface area (Å²) in [5.41, 5.74) is 2.60. The zero-order chi connectivity index (χ0) is 18.5. The molecule has 0 radical (unpaired) electrons. The van der Waals surface area contributed by atoms with Gasteiger partial charge in [-0.25, -0.2) is 4.39 Å². The highest BCUT2D eigenvalue weighted by molar-refractivity contribution is 6.31. The van der Waals surface area contributed by atoms with Crippen molar-refractivity contribution in [3.63, 3.8) is 0 Å². The Bertz CT molecular complexity index is 898. The van der Waals surface area contributed by atoms with Crippen molar-refractivity contribution in [2.45, 2.75) is 13.0 Å². The van der Waals surface area contributed by atoms with Gasteiger partial charge in [0.1, 0.15) is 5.82 Å². The molecule has 0 bridgehead atoms. The van der Waals surface area contributed by atoms with Crippen LogP contribution >= 0.6 is 11.6 Å². The quantitative estimate of drug-likeness (QED) is 0.588. The molecule has 3 rings (SSSR count). The first-order valence-electron chi connectivity index (χ1n) is 8.21. The van der Waals surface area contributed by atoms with Crippen molar-refractivity contribution in [2.75, 3.05) is 10.6 Å². The first-order chi connectivity index (χ1) is 12.5. The van der Waals surface area contributed by atoms with Crippen LogP contribution in [0.5, 0.6) is 0 Å². The van der Waals surface area contributed by atoms with Gasteiger partial charge in [-0.15, -0.1) is 0 Å². The third-order valence-electron chi connectivity index (χ3n) is 4.00. The van der Waals surface area contributed by atoms with Gasteiger partial charge in [0.15, 0.2) is 0 Å². The molecular formula is C21H18ClFN2O. The average molecular weight is 369 g/mol. The molecule has 3 aromatic carbocycles. The SMILES string of the molecule is CC(Nc1ccc(NC(=O)c2cc(Cl)ccc2F)cc1)c1ccccc1. The number of nitrogens with one attached hydrogen (secondary N) is 2. The van der Waals surface area contributed by atoms with Crippen LogP contribution in [0.2, 0.25) is 5.02 Å². The molecule has 0 fully saturated rings. The lowest BCUT2D eigenvalue weighted by Crippen LogP contribution is -2.14. The van der Waals surface area contributed by atoms with Crippen LogP contribution in [0.3, 0.4) is 0 Å². The number of amides is 1. The van der Waals surface area contributed by atoms with E-state index in [9.17, 15) is 9.18 Å². The van der Waals surface area contributed by atoms with Crippen molar-refractivity contribution < 1.29 is 9.18 Å². The first kappa shape index (κ1) is 18.0. The van der Waals surface area contributed by atoms with Crippen LogP contribution in [0.25, 0.3) is 0 Å². The van der Waals surface area contributed by atoms with Crippen molar-refractivity contribution >= 4 is 28.9 Å². The van der Waals surface area contributed by atoms with E-state index in [0.717, 1.165) is 5.69 Å². The molecule has 0 saturated carbocycles. The fourth-order valence-electron chi connectivity index (χ4n) is 2.59. The molecule has 5 heteroatoms. The van der Waals surface area contributed by atoms with E-state index in [2.05, 4.69) is 29.7 Å². The Morgan fingerprint density at radius 2 is 1.62 bits per heavy atom. The van der Waals surface area contributed by atoms with E-state index in [4.69, 9.17) is 11.6 Å². The molecule has 1 atom stereocenters. The summed E-state index contributed by atoms with van der Waals surface area (Å²) in [6.45, 7) is 2.08. The minimum atomic E-state index is -0.609. The maximum Gasteiger partial charge on any atom is 0.258 e. The number of carbonyl (C=O) groups is 1. The van der Waals surface area contributed by atoms with Gasteiger partial charge < -0.3 is 10.6 Å². The van der Waals surface area contributed by atoms with Crippen LogP contribution < -0.4 is 10.6 Å². The largest absolute Gasteiger partial charge is 0.379 e. The van der Waals surface area contributed by atoms with Crippen LogP contribution in [0.15, 0.2) is 72.8 Å². The lowest BCUT2D eigenvalue weighted by molar-refractivity contribution is 0.102. The lowest BCUT2D eigenvalue weighted by atomic mass is 10.1. The Morgan fingerprint density at radius 1 is 0.962 bits per heavy atom. The number of carbonyl (C=O) groups excluding carboxylic acids is 1. The number of hydrogen-bond donors (Lipinski definition) is 2. The lowest BCUT2D eigenvalue weighted by Gasteiger charge is -2.16. The normalized spacial score (nSPS) is 11.7. The number of rotatable bonds is 5. The fourth-order valence-corrected chi connectivity index (χ4v) is 2.77. The molecule has 0 heterocycles. The van der Waals surface area contributed by atoms with Crippen molar-refractivity contribution in [1.82, 2.24) is 0 Å². The Labute approximate surface area is 156 Å².